The number of rotatable bonds is 4. The summed E-state index contributed by atoms with van der Waals surface area (Å²) in [6.07, 6.45) is 1.47. The van der Waals surface area contributed by atoms with Crippen molar-refractivity contribution >= 4 is 44.5 Å². The van der Waals surface area contributed by atoms with E-state index in [1.165, 1.54) is 15.4 Å². The van der Waals surface area contributed by atoms with E-state index in [9.17, 15) is 9.59 Å². The highest BCUT2D eigenvalue weighted by molar-refractivity contribution is 9.10. The Kier molecular flexibility index (Phi) is 5.32. The monoisotopic (exact) mass is 519 g/mol. The predicted octanol–water partition coefficient (Wildman–Crippen LogP) is 4.75. The van der Waals surface area contributed by atoms with E-state index in [-0.39, 0.29) is 5.56 Å². The molecule has 0 fully saturated rings. The summed E-state index contributed by atoms with van der Waals surface area (Å²) in [7, 11) is 0. The van der Waals surface area contributed by atoms with Gasteiger partial charge in [0.25, 0.3) is 5.56 Å². The van der Waals surface area contributed by atoms with Gasteiger partial charge < -0.3 is 5.73 Å². The zero-order valence-electron chi connectivity index (χ0n) is 16.9. The van der Waals surface area contributed by atoms with Gasteiger partial charge >= 0.3 is 0 Å². The zero-order chi connectivity index (χ0) is 23.1. The van der Waals surface area contributed by atoms with Gasteiger partial charge in [-0.05, 0) is 54.6 Å². The molecule has 2 aromatic heterocycles. The Balaban J connectivity index is 1.82. The van der Waals surface area contributed by atoms with Crippen molar-refractivity contribution in [2.75, 3.05) is 0 Å². The minimum absolute atomic E-state index is 0.280. The molecule has 0 aliphatic rings. The third-order valence-electron chi connectivity index (χ3n) is 5.16. The molecular formula is C24H15BrClN5O2. The van der Waals surface area contributed by atoms with Gasteiger partial charge in [-0.2, -0.15) is 5.10 Å². The second-order valence-corrected chi connectivity index (χ2v) is 8.62. The lowest BCUT2D eigenvalue weighted by atomic mass is 10.2. The molecule has 33 heavy (non-hydrogen) atoms. The molecule has 0 atom stereocenters. The number of amides is 1. The maximum atomic E-state index is 13.6. The Morgan fingerprint density at radius 3 is 2.39 bits per heavy atom. The first-order valence-electron chi connectivity index (χ1n) is 9.85. The number of nitrogens with two attached hydrogens (primary N) is 1. The minimum atomic E-state index is -0.554. The maximum absolute atomic E-state index is 13.6. The molecule has 5 rings (SSSR count). The number of halogens is 2. The van der Waals surface area contributed by atoms with Gasteiger partial charge in [-0.1, -0.05) is 45.7 Å². The van der Waals surface area contributed by atoms with Crippen LogP contribution in [0.25, 0.3) is 33.8 Å². The summed E-state index contributed by atoms with van der Waals surface area (Å²) in [5.41, 5.74) is 7.78. The Labute approximate surface area is 201 Å². The number of hydrogen-bond acceptors (Lipinski definition) is 4. The SMILES string of the molecule is NC(=O)c1cccc(-n2ncc3c(=O)n(-c4ccc(Cl)cc4)c(-c4ccc(Br)cc4)nc32)c1. The van der Waals surface area contributed by atoms with E-state index in [0.717, 1.165) is 10.0 Å². The van der Waals surface area contributed by atoms with Gasteiger partial charge in [-0.3, -0.25) is 14.2 Å². The van der Waals surface area contributed by atoms with E-state index < -0.39 is 5.91 Å². The first-order valence-corrected chi connectivity index (χ1v) is 11.0. The summed E-state index contributed by atoms with van der Waals surface area (Å²) in [4.78, 5) is 30.1. The summed E-state index contributed by atoms with van der Waals surface area (Å²) >= 11 is 9.50. The number of nitrogens with zero attached hydrogens (tertiary/aromatic N) is 4. The molecule has 0 unspecified atom stereocenters. The fraction of sp³-hybridized carbons (Fsp3) is 0. The van der Waals surface area contributed by atoms with Gasteiger partial charge in [0.2, 0.25) is 5.91 Å². The molecule has 0 saturated carbocycles. The lowest BCUT2D eigenvalue weighted by Gasteiger charge is -2.14. The van der Waals surface area contributed by atoms with E-state index >= 15 is 0 Å². The molecular weight excluding hydrogens is 506 g/mol. The molecule has 3 aromatic carbocycles. The molecule has 0 spiro atoms. The van der Waals surface area contributed by atoms with E-state index in [2.05, 4.69) is 21.0 Å². The Morgan fingerprint density at radius 1 is 0.970 bits per heavy atom. The molecule has 9 heteroatoms. The smallest absolute Gasteiger partial charge is 0.269 e. The second-order valence-electron chi connectivity index (χ2n) is 7.27. The first-order chi connectivity index (χ1) is 15.9. The summed E-state index contributed by atoms with van der Waals surface area (Å²) < 4.78 is 3.96. The lowest BCUT2D eigenvalue weighted by molar-refractivity contribution is 0.1000. The van der Waals surface area contributed by atoms with Crippen molar-refractivity contribution in [2.24, 2.45) is 5.73 Å². The largest absolute Gasteiger partial charge is 0.366 e. The second kappa shape index (κ2) is 8.31. The van der Waals surface area contributed by atoms with E-state index in [1.807, 2.05) is 24.3 Å². The van der Waals surface area contributed by atoms with Crippen molar-refractivity contribution in [2.45, 2.75) is 0 Å². The average Bonchev–Trinajstić information content (AvgIpc) is 3.25. The van der Waals surface area contributed by atoms with Gasteiger partial charge in [-0.25, -0.2) is 9.67 Å². The van der Waals surface area contributed by atoms with Crippen LogP contribution in [-0.2, 0) is 0 Å². The Bertz CT molecular complexity index is 1570. The zero-order valence-corrected chi connectivity index (χ0v) is 19.3. The highest BCUT2D eigenvalue weighted by Crippen LogP contribution is 2.25. The van der Waals surface area contributed by atoms with Gasteiger partial charge in [0.15, 0.2) is 5.65 Å². The number of carbonyl (C=O) groups is 1. The van der Waals surface area contributed by atoms with Crippen molar-refractivity contribution in [3.05, 3.63) is 104 Å². The van der Waals surface area contributed by atoms with Crippen molar-refractivity contribution in [1.29, 1.82) is 0 Å². The Morgan fingerprint density at radius 2 is 1.70 bits per heavy atom. The summed E-state index contributed by atoms with van der Waals surface area (Å²) in [5.74, 6) is -0.114. The lowest BCUT2D eigenvalue weighted by Crippen LogP contribution is -2.22. The molecule has 1 amide bonds. The highest BCUT2D eigenvalue weighted by Gasteiger charge is 2.19. The molecule has 0 aliphatic heterocycles. The standard InChI is InChI=1S/C24H15BrClN5O2/c25-16-6-4-14(5-7-16)22-29-23-20(24(33)30(22)18-10-8-17(26)9-11-18)13-28-31(23)19-3-1-2-15(12-19)21(27)32/h1-13H,(H2,27,32). The van der Waals surface area contributed by atoms with E-state index in [1.54, 1.807) is 48.5 Å². The van der Waals surface area contributed by atoms with Crippen LogP contribution in [0.3, 0.4) is 0 Å². The van der Waals surface area contributed by atoms with Crippen molar-refractivity contribution in [3.63, 3.8) is 0 Å². The van der Waals surface area contributed by atoms with Gasteiger partial charge in [0.05, 0.1) is 17.6 Å². The van der Waals surface area contributed by atoms with Gasteiger partial charge in [0.1, 0.15) is 11.2 Å². The number of fused-ring (bicyclic) bond motifs is 1. The summed E-state index contributed by atoms with van der Waals surface area (Å²) in [6.45, 7) is 0. The number of aromatic nitrogens is 4. The maximum Gasteiger partial charge on any atom is 0.269 e. The fourth-order valence-electron chi connectivity index (χ4n) is 3.57. The quantitative estimate of drug-likeness (QED) is 0.370. The number of primary amides is 1. The number of carbonyl (C=O) groups excluding carboxylic acids is 1. The third kappa shape index (κ3) is 3.83. The van der Waals surface area contributed by atoms with Crippen molar-refractivity contribution in [3.8, 4) is 22.8 Å². The third-order valence-corrected chi connectivity index (χ3v) is 5.94. The first kappa shape index (κ1) is 21.1. The van der Waals surface area contributed by atoms with Gasteiger partial charge in [-0.15, -0.1) is 0 Å². The van der Waals surface area contributed by atoms with Crippen LogP contribution < -0.4 is 11.3 Å². The molecule has 5 aromatic rings. The van der Waals surface area contributed by atoms with Crippen LogP contribution in [0.4, 0.5) is 0 Å². The fourth-order valence-corrected chi connectivity index (χ4v) is 3.96. The highest BCUT2D eigenvalue weighted by atomic mass is 79.9. The average molecular weight is 521 g/mol. The molecule has 0 radical (unpaired) electrons. The van der Waals surface area contributed by atoms with Crippen LogP contribution in [0, 0.1) is 0 Å². The molecule has 162 valence electrons. The van der Waals surface area contributed by atoms with E-state index in [4.69, 9.17) is 22.3 Å². The van der Waals surface area contributed by atoms with Crippen LogP contribution in [0.2, 0.25) is 5.02 Å². The normalized spacial score (nSPS) is 11.1. The number of hydrogen-bond donors (Lipinski definition) is 1. The topological polar surface area (TPSA) is 95.8 Å². The molecule has 0 saturated heterocycles. The van der Waals surface area contributed by atoms with E-state index in [0.29, 0.717) is 38.8 Å². The Hall–Kier alpha value is -3.75. The molecule has 0 bridgehead atoms. The molecule has 2 N–H and O–H groups in total. The molecule has 0 aliphatic carbocycles. The molecule has 2 heterocycles. The van der Waals surface area contributed by atoms with Crippen molar-refractivity contribution < 1.29 is 4.79 Å². The predicted molar refractivity (Wildman–Crippen MR) is 131 cm³/mol. The van der Waals surface area contributed by atoms with Crippen LogP contribution in [-0.4, -0.2) is 25.2 Å². The van der Waals surface area contributed by atoms with Crippen LogP contribution >= 0.6 is 27.5 Å². The van der Waals surface area contributed by atoms with Gasteiger partial charge in [0, 0.05) is 20.6 Å². The summed E-state index contributed by atoms with van der Waals surface area (Å²) in [6, 6.07) is 21.2. The number of benzene rings is 3. The van der Waals surface area contributed by atoms with Crippen LogP contribution in [0.15, 0.2) is 88.3 Å². The van der Waals surface area contributed by atoms with Crippen LogP contribution in [0.5, 0.6) is 0 Å². The molecule has 7 nitrogen and oxygen atoms in total. The minimum Gasteiger partial charge on any atom is -0.366 e. The summed E-state index contributed by atoms with van der Waals surface area (Å²) in [5, 5.41) is 5.28. The van der Waals surface area contributed by atoms with Crippen molar-refractivity contribution in [1.82, 2.24) is 19.3 Å². The van der Waals surface area contributed by atoms with Crippen LogP contribution in [0.1, 0.15) is 10.4 Å².